The highest BCUT2D eigenvalue weighted by Gasteiger charge is 2.07. The van der Waals surface area contributed by atoms with Gasteiger partial charge in [0, 0.05) is 6.54 Å². The van der Waals surface area contributed by atoms with E-state index in [1.165, 1.54) is 6.07 Å². The number of carboxylic acids is 1. The monoisotopic (exact) mass is 301 g/mol. The van der Waals surface area contributed by atoms with Crippen molar-refractivity contribution in [2.75, 3.05) is 27.2 Å². The van der Waals surface area contributed by atoms with Crippen LogP contribution in [-0.4, -0.2) is 43.2 Å². The van der Waals surface area contributed by atoms with Crippen LogP contribution in [0.3, 0.4) is 0 Å². The van der Waals surface area contributed by atoms with Crippen molar-refractivity contribution in [3.63, 3.8) is 0 Å². The molecule has 4 nitrogen and oxygen atoms in total. The minimum Gasteiger partial charge on any atom is -0.492 e. The first-order valence-corrected chi connectivity index (χ1v) is 6.10. The number of benzene rings is 1. The lowest BCUT2D eigenvalue weighted by Crippen LogP contribution is -2.15. The fourth-order valence-corrected chi connectivity index (χ4v) is 1.67. The standard InChI is InChI=1S/C12H16BrNO3/c1-14(2)6-3-7-17-11-8-9(12(15)16)4-5-10(11)13/h4-5,8H,3,6-7H2,1-2H3,(H,15,16). The molecule has 0 amide bonds. The van der Waals surface area contributed by atoms with Crippen molar-refractivity contribution < 1.29 is 14.6 Å². The quantitative estimate of drug-likeness (QED) is 0.820. The number of ether oxygens (including phenoxy) is 1. The molecule has 1 aromatic carbocycles. The summed E-state index contributed by atoms with van der Waals surface area (Å²) in [4.78, 5) is 12.9. The van der Waals surface area contributed by atoms with Crippen molar-refractivity contribution in [2.24, 2.45) is 0 Å². The maximum absolute atomic E-state index is 10.8. The minimum atomic E-state index is -0.948. The lowest BCUT2D eigenvalue weighted by Gasteiger charge is -2.11. The molecule has 0 saturated carbocycles. The molecule has 17 heavy (non-hydrogen) atoms. The third-order valence-electron chi connectivity index (χ3n) is 2.19. The zero-order valence-electron chi connectivity index (χ0n) is 9.94. The van der Waals surface area contributed by atoms with Crippen LogP contribution in [0, 0.1) is 0 Å². The lowest BCUT2D eigenvalue weighted by molar-refractivity contribution is 0.0696. The van der Waals surface area contributed by atoms with Gasteiger partial charge in [-0.25, -0.2) is 4.79 Å². The normalized spacial score (nSPS) is 10.6. The molecule has 1 aromatic rings. The van der Waals surface area contributed by atoms with Crippen LogP contribution in [0.2, 0.25) is 0 Å². The Bertz CT molecular complexity index is 393. The number of nitrogens with zero attached hydrogens (tertiary/aromatic N) is 1. The fraction of sp³-hybridized carbons (Fsp3) is 0.417. The topological polar surface area (TPSA) is 49.8 Å². The van der Waals surface area contributed by atoms with E-state index in [-0.39, 0.29) is 5.56 Å². The Labute approximate surface area is 109 Å². The van der Waals surface area contributed by atoms with Crippen LogP contribution in [-0.2, 0) is 0 Å². The summed E-state index contributed by atoms with van der Waals surface area (Å²) < 4.78 is 6.31. The van der Waals surface area contributed by atoms with E-state index in [2.05, 4.69) is 20.8 Å². The van der Waals surface area contributed by atoms with E-state index in [0.717, 1.165) is 17.4 Å². The second kappa shape index (κ2) is 6.61. The zero-order chi connectivity index (χ0) is 12.8. The van der Waals surface area contributed by atoms with Crippen LogP contribution in [0.25, 0.3) is 0 Å². The molecule has 0 unspecified atom stereocenters. The maximum Gasteiger partial charge on any atom is 0.335 e. The van der Waals surface area contributed by atoms with Crippen LogP contribution in [0.4, 0.5) is 0 Å². The fourth-order valence-electron chi connectivity index (χ4n) is 1.31. The van der Waals surface area contributed by atoms with Gasteiger partial charge < -0.3 is 14.7 Å². The number of halogens is 1. The average molecular weight is 302 g/mol. The first-order valence-electron chi connectivity index (χ1n) is 5.31. The Morgan fingerprint density at radius 2 is 2.18 bits per heavy atom. The van der Waals surface area contributed by atoms with Crippen molar-refractivity contribution in [2.45, 2.75) is 6.42 Å². The number of rotatable bonds is 6. The molecule has 0 saturated heterocycles. The van der Waals surface area contributed by atoms with Gasteiger partial charge in [-0.2, -0.15) is 0 Å². The van der Waals surface area contributed by atoms with Gasteiger partial charge in [-0.05, 0) is 54.6 Å². The van der Waals surface area contributed by atoms with E-state index in [0.29, 0.717) is 12.4 Å². The molecule has 0 atom stereocenters. The summed E-state index contributed by atoms with van der Waals surface area (Å²) in [6.45, 7) is 1.51. The number of hydrogen-bond donors (Lipinski definition) is 1. The number of hydrogen-bond acceptors (Lipinski definition) is 3. The first kappa shape index (κ1) is 14.0. The highest BCUT2D eigenvalue weighted by molar-refractivity contribution is 9.10. The van der Waals surface area contributed by atoms with Crippen LogP contribution in [0.5, 0.6) is 5.75 Å². The van der Waals surface area contributed by atoms with Crippen molar-refractivity contribution in [3.05, 3.63) is 28.2 Å². The van der Waals surface area contributed by atoms with Crippen LogP contribution in [0.15, 0.2) is 22.7 Å². The molecule has 0 radical (unpaired) electrons. The molecular formula is C12H16BrNO3. The van der Waals surface area contributed by atoms with Gasteiger partial charge in [0.05, 0.1) is 16.6 Å². The Hall–Kier alpha value is -1.07. The van der Waals surface area contributed by atoms with Crippen molar-refractivity contribution >= 4 is 21.9 Å². The smallest absolute Gasteiger partial charge is 0.335 e. The third-order valence-corrected chi connectivity index (χ3v) is 2.84. The summed E-state index contributed by atoms with van der Waals surface area (Å²) in [6, 6.07) is 4.76. The first-order chi connectivity index (χ1) is 8.00. The van der Waals surface area contributed by atoms with Gasteiger partial charge in [-0.1, -0.05) is 0 Å². The lowest BCUT2D eigenvalue weighted by atomic mass is 10.2. The van der Waals surface area contributed by atoms with E-state index < -0.39 is 5.97 Å². The van der Waals surface area contributed by atoms with Crippen LogP contribution in [0.1, 0.15) is 16.8 Å². The molecule has 94 valence electrons. The molecule has 0 heterocycles. The molecule has 0 aromatic heterocycles. The Morgan fingerprint density at radius 3 is 2.76 bits per heavy atom. The highest BCUT2D eigenvalue weighted by atomic mass is 79.9. The van der Waals surface area contributed by atoms with E-state index in [1.54, 1.807) is 12.1 Å². The largest absolute Gasteiger partial charge is 0.492 e. The maximum atomic E-state index is 10.8. The van der Waals surface area contributed by atoms with Crippen molar-refractivity contribution in [3.8, 4) is 5.75 Å². The van der Waals surface area contributed by atoms with E-state index in [9.17, 15) is 4.79 Å². The number of aromatic carboxylic acids is 1. The summed E-state index contributed by atoms with van der Waals surface area (Å²) in [5, 5.41) is 8.87. The third kappa shape index (κ3) is 4.75. The van der Waals surface area contributed by atoms with Crippen molar-refractivity contribution in [1.29, 1.82) is 0 Å². The summed E-state index contributed by atoms with van der Waals surface area (Å²) in [7, 11) is 4.00. The van der Waals surface area contributed by atoms with Crippen molar-refractivity contribution in [1.82, 2.24) is 4.90 Å². The second-order valence-electron chi connectivity index (χ2n) is 3.96. The number of carboxylic acid groups (broad SMARTS) is 1. The van der Waals surface area contributed by atoms with Crippen LogP contribution < -0.4 is 4.74 Å². The van der Waals surface area contributed by atoms with Gasteiger partial charge in [-0.3, -0.25) is 0 Å². The average Bonchev–Trinajstić information content (AvgIpc) is 2.25. The molecule has 0 aliphatic heterocycles. The Morgan fingerprint density at radius 1 is 1.47 bits per heavy atom. The van der Waals surface area contributed by atoms with E-state index in [1.807, 2.05) is 14.1 Å². The predicted molar refractivity (Wildman–Crippen MR) is 69.8 cm³/mol. The summed E-state index contributed by atoms with van der Waals surface area (Å²) in [5.74, 6) is -0.376. The molecule has 1 rings (SSSR count). The van der Waals surface area contributed by atoms with Gasteiger partial charge in [0.2, 0.25) is 0 Å². The van der Waals surface area contributed by atoms with Gasteiger partial charge in [-0.15, -0.1) is 0 Å². The van der Waals surface area contributed by atoms with Crippen LogP contribution >= 0.6 is 15.9 Å². The molecule has 0 aliphatic rings. The summed E-state index contributed by atoms with van der Waals surface area (Å²) in [6.07, 6.45) is 0.900. The molecule has 5 heteroatoms. The minimum absolute atomic E-state index is 0.232. The highest BCUT2D eigenvalue weighted by Crippen LogP contribution is 2.26. The van der Waals surface area contributed by atoms with Gasteiger partial charge in [0.1, 0.15) is 5.75 Å². The summed E-state index contributed by atoms with van der Waals surface area (Å²) in [5.41, 5.74) is 0.232. The van der Waals surface area contributed by atoms with E-state index >= 15 is 0 Å². The van der Waals surface area contributed by atoms with E-state index in [4.69, 9.17) is 9.84 Å². The molecular weight excluding hydrogens is 286 g/mol. The molecule has 0 spiro atoms. The Kier molecular flexibility index (Phi) is 5.44. The predicted octanol–water partition coefficient (Wildman–Crippen LogP) is 2.48. The van der Waals surface area contributed by atoms with Gasteiger partial charge >= 0.3 is 5.97 Å². The number of carbonyl (C=O) groups is 1. The van der Waals surface area contributed by atoms with Gasteiger partial charge in [0.25, 0.3) is 0 Å². The zero-order valence-corrected chi connectivity index (χ0v) is 11.5. The molecule has 0 fully saturated rings. The molecule has 1 N–H and O–H groups in total. The second-order valence-corrected chi connectivity index (χ2v) is 4.81. The SMILES string of the molecule is CN(C)CCCOc1cc(C(=O)O)ccc1Br. The molecule has 0 bridgehead atoms. The van der Waals surface area contributed by atoms with Gasteiger partial charge in [0.15, 0.2) is 0 Å². The summed E-state index contributed by atoms with van der Waals surface area (Å²) >= 11 is 3.33. The molecule has 0 aliphatic carbocycles. The Balaban J connectivity index is 2.57.